The smallest absolute Gasteiger partial charge is 0.253 e. The van der Waals surface area contributed by atoms with Crippen molar-refractivity contribution in [1.29, 1.82) is 0 Å². The topological polar surface area (TPSA) is 75.4 Å². The molecule has 26 heavy (non-hydrogen) atoms. The average Bonchev–Trinajstić information content (AvgIpc) is 3.11. The second-order valence-corrected chi connectivity index (χ2v) is 6.54. The van der Waals surface area contributed by atoms with Crippen LogP contribution in [0.2, 0.25) is 0 Å². The molecule has 3 aromatic rings. The highest BCUT2D eigenvalue weighted by Crippen LogP contribution is 2.29. The van der Waals surface area contributed by atoms with Gasteiger partial charge in [-0.25, -0.2) is 0 Å². The van der Waals surface area contributed by atoms with Crippen LogP contribution in [0.5, 0.6) is 0 Å². The molecule has 0 radical (unpaired) electrons. The summed E-state index contributed by atoms with van der Waals surface area (Å²) < 4.78 is 5.38. The van der Waals surface area contributed by atoms with Crippen LogP contribution in [-0.4, -0.2) is 53.1 Å². The third-order valence-electron chi connectivity index (χ3n) is 4.51. The van der Waals surface area contributed by atoms with Crippen LogP contribution in [0.3, 0.4) is 0 Å². The fourth-order valence-electron chi connectivity index (χ4n) is 2.92. The quantitative estimate of drug-likeness (QED) is 0.720. The van der Waals surface area contributed by atoms with E-state index in [0.717, 1.165) is 11.3 Å². The van der Waals surface area contributed by atoms with E-state index in [1.807, 2.05) is 55.4 Å². The molecule has 1 aliphatic heterocycles. The number of anilines is 1. The summed E-state index contributed by atoms with van der Waals surface area (Å²) >= 11 is 0. The Balaban J connectivity index is 1.42. The SMILES string of the molecule is CN(C)c1cccc(C(=O)N2CC(c3nc(-c4ccncc4)no3)C2)c1. The fourth-order valence-corrected chi connectivity index (χ4v) is 2.92. The number of aromatic nitrogens is 3. The van der Waals surface area contributed by atoms with Crippen molar-refractivity contribution in [1.82, 2.24) is 20.0 Å². The Labute approximate surface area is 151 Å². The molecule has 0 aliphatic carbocycles. The van der Waals surface area contributed by atoms with Gasteiger partial charge in [0.15, 0.2) is 0 Å². The number of hydrogen-bond acceptors (Lipinski definition) is 6. The van der Waals surface area contributed by atoms with Crippen molar-refractivity contribution in [2.45, 2.75) is 5.92 Å². The monoisotopic (exact) mass is 349 g/mol. The van der Waals surface area contributed by atoms with Gasteiger partial charge in [-0.2, -0.15) is 4.98 Å². The number of pyridine rings is 1. The standard InChI is InChI=1S/C19H19N5O2/c1-23(2)16-5-3-4-14(10-16)19(25)24-11-15(12-24)18-21-17(22-26-18)13-6-8-20-9-7-13/h3-10,15H,11-12H2,1-2H3. The van der Waals surface area contributed by atoms with Crippen molar-refractivity contribution < 1.29 is 9.32 Å². The van der Waals surface area contributed by atoms with Gasteiger partial charge in [0, 0.05) is 56.4 Å². The van der Waals surface area contributed by atoms with E-state index in [1.54, 1.807) is 17.3 Å². The Morgan fingerprint density at radius 3 is 2.69 bits per heavy atom. The van der Waals surface area contributed by atoms with Gasteiger partial charge in [0.2, 0.25) is 11.7 Å². The lowest BCUT2D eigenvalue weighted by atomic mass is 9.98. The predicted molar refractivity (Wildman–Crippen MR) is 96.9 cm³/mol. The molecule has 4 rings (SSSR count). The van der Waals surface area contributed by atoms with Crippen LogP contribution >= 0.6 is 0 Å². The Morgan fingerprint density at radius 2 is 1.96 bits per heavy atom. The molecule has 0 atom stereocenters. The van der Waals surface area contributed by atoms with Crippen LogP contribution in [0.4, 0.5) is 5.69 Å². The summed E-state index contributed by atoms with van der Waals surface area (Å²) in [5.74, 6) is 1.23. The van der Waals surface area contributed by atoms with E-state index < -0.39 is 0 Å². The summed E-state index contributed by atoms with van der Waals surface area (Å²) in [5, 5.41) is 4.03. The molecule has 7 nitrogen and oxygen atoms in total. The number of likely N-dealkylation sites (tertiary alicyclic amines) is 1. The lowest BCUT2D eigenvalue weighted by molar-refractivity contribution is 0.0569. The second kappa shape index (κ2) is 6.59. The summed E-state index contributed by atoms with van der Waals surface area (Å²) in [4.78, 5) is 24.9. The summed E-state index contributed by atoms with van der Waals surface area (Å²) in [5.41, 5.74) is 2.56. The Bertz CT molecular complexity index is 916. The highest BCUT2D eigenvalue weighted by molar-refractivity contribution is 5.95. The number of nitrogens with zero attached hydrogens (tertiary/aromatic N) is 5. The van der Waals surface area contributed by atoms with Gasteiger partial charge >= 0.3 is 0 Å². The number of carbonyl (C=O) groups is 1. The highest BCUT2D eigenvalue weighted by Gasteiger charge is 2.36. The van der Waals surface area contributed by atoms with Crippen LogP contribution in [0, 0.1) is 0 Å². The number of hydrogen-bond donors (Lipinski definition) is 0. The molecular formula is C19H19N5O2. The maximum atomic E-state index is 12.6. The van der Waals surface area contributed by atoms with E-state index in [-0.39, 0.29) is 11.8 Å². The van der Waals surface area contributed by atoms with Gasteiger partial charge in [-0.05, 0) is 30.3 Å². The first-order valence-electron chi connectivity index (χ1n) is 8.42. The normalized spacial score (nSPS) is 14.2. The maximum absolute atomic E-state index is 12.6. The molecule has 0 N–H and O–H groups in total. The van der Waals surface area contributed by atoms with Crippen molar-refractivity contribution in [3.05, 3.63) is 60.2 Å². The molecule has 1 aliphatic rings. The van der Waals surface area contributed by atoms with Gasteiger partial charge in [0.25, 0.3) is 5.91 Å². The molecule has 3 heterocycles. The summed E-state index contributed by atoms with van der Waals surface area (Å²) in [6.07, 6.45) is 3.38. The summed E-state index contributed by atoms with van der Waals surface area (Å²) in [6.45, 7) is 1.17. The van der Waals surface area contributed by atoms with Crippen LogP contribution in [0.25, 0.3) is 11.4 Å². The molecule has 2 aromatic heterocycles. The van der Waals surface area contributed by atoms with Crippen LogP contribution in [-0.2, 0) is 0 Å². The molecule has 132 valence electrons. The third-order valence-corrected chi connectivity index (χ3v) is 4.51. The second-order valence-electron chi connectivity index (χ2n) is 6.54. The van der Waals surface area contributed by atoms with E-state index in [9.17, 15) is 4.79 Å². The largest absolute Gasteiger partial charge is 0.378 e. The number of benzene rings is 1. The summed E-state index contributed by atoms with van der Waals surface area (Å²) in [6, 6.07) is 11.3. The minimum absolute atomic E-state index is 0.0267. The lowest BCUT2D eigenvalue weighted by Crippen LogP contribution is -2.48. The zero-order valence-corrected chi connectivity index (χ0v) is 14.7. The van der Waals surface area contributed by atoms with E-state index in [1.165, 1.54) is 0 Å². The highest BCUT2D eigenvalue weighted by atomic mass is 16.5. The van der Waals surface area contributed by atoms with Crippen LogP contribution in [0.15, 0.2) is 53.3 Å². The van der Waals surface area contributed by atoms with Gasteiger partial charge in [-0.15, -0.1) is 0 Å². The zero-order chi connectivity index (χ0) is 18.1. The number of amides is 1. The Kier molecular flexibility index (Phi) is 4.12. The lowest BCUT2D eigenvalue weighted by Gasteiger charge is -2.37. The number of rotatable bonds is 4. The van der Waals surface area contributed by atoms with Crippen molar-refractivity contribution >= 4 is 11.6 Å². The van der Waals surface area contributed by atoms with Gasteiger partial charge in [0.1, 0.15) is 0 Å². The molecule has 1 fully saturated rings. The predicted octanol–water partition coefficient (Wildman–Crippen LogP) is 2.44. The minimum atomic E-state index is 0.0267. The first-order valence-corrected chi connectivity index (χ1v) is 8.42. The van der Waals surface area contributed by atoms with E-state index in [2.05, 4.69) is 15.1 Å². The molecular weight excluding hydrogens is 330 g/mol. The molecule has 0 saturated carbocycles. The molecule has 0 bridgehead atoms. The van der Waals surface area contributed by atoms with Gasteiger partial charge < -0.3 is 14.3 Å². The molecule has 0 unspecified atom stereocenters. The molecule has 1 amide bonds. The maximum Gasteiger partial charge on any atom is 0.253 e. The molecule has 0 spiro atoms. The molecule has 1 aromatic carbocycles. The van der Waals surface area contributed by atoms with E-state index in [0.29, 0.717) is 30.4 Å². The Morgan fingerprint density at radius 1 is 1.19 bits per heavy atom. The fraction of sp³-hybridized carbons (Fsp3) is 0.263. The van der Waals surface area contributed by atoms with Crippen molar-refractivity contribution in [2.75, 3.05) is 32.1 Å². The van der Waals surface area contributed by atoms with Gasteiger partial charge in [0.05, 0.1) is 5.92 Å². The van der Waals surface area contributed by atoms with E-state index >= 15 is 0 Å². The van der Waals surface area contributed by atoms with Crippen molar-refractivity contribution in [3.63, 3.8) is 0 Å². The molecule has 1 saturated heterocycles. The first kappa shape index (κ1) is 16.3. The van der Waals surface area contributed by atoms with Crippen molar-refractivity contribution in [3.8, 4) is 11.4 Å². The van der Waals surface area contributed by atoms with Crippen molar-refractivity contribution in [2.24, 2.45) is 0 Å². The first-order chi connectivity index (χ1) is 12.6. The average molecular weight is 349 g/mol. The number of carbonyl (C=O) groups excluding carboxylic acids is 1. The molecule has 7 heteroatoms. The third kappa shape index (κ3) is 3.03. The van der Waals surface area contributed by atoms with E-state index in [4.69, 9.17) is 4.52 Å². The zero-order valence-electron chi connectivity index (χ0n) is 14.7. The van der Waals surface area contributed by atoms with Gasteiger partial charge in [-0.3, -0.25) is 9.78 Å². The van der Waals surface area contributed by atoms with Crippen LogP contribution < -0.4 is 4.90 Å². The minimum Gasteiger partial charge on any atom is -0.378 e. The van der Waals surface area contributed by atoms with Crippen LogP contribution in [0.1, 0.15) is 22.2 Å². The summed E-state index contributed by atoms with van der Waals surface area (Å²) in [7, 11) is 3.92. The van der Waals surface area contributed by atoms with Gasteiger partial charge in [-0.1, -0.05) is 11.2 Å². The Hall–Kier alpha value is -3.22.